The van der Waals surface area contributed by atoms with Gasteiger partial charge in [-0.1, -0.05) is 31.0 Å². The first kappa shape index (κ1) is 27.4. The van der Waals surface area contributed by atoms with E-state index in [2.05, 4.69) is 36.6 Å². The van der Waals surface area contributed by atoms with Gasteiger partial charge >= 0.3 is 0 Å². The molecule has 2 aromatic carbocycles. The number of rotatable bonds is 12. The Hall–Kier alpha value is -4.22. The molecule has 0 radical (unpaired) electrons. The molecule has 1 fully saturated rings. The van der Waals surface area contributed by atoms with Crippen LogP contribution >= 0.6 is 0 Å². The average Bonchev–Trinajstić information content (AvgIpc) is 3.42. The first-order valence-corrected chi connectivity index (χ1v) is 14.4. The van der Waals surface area contributed by atoms with Crippen LogP contribution in [0.15, 0.2) is 60.9 Å². The third kappa shape index (κ3) is 7.25. The predicted molar refractivity (Wildman–Crippen MR) is 159 cm³/mol. The number of unbranched alkanes of at least 4 members (excludes halogenated alkanes) is 2. The Labute approximate surface area is 235 Å². The van der Waals surface area contributed by atoms with Gasteiger partial charge in [-0.3, -0.25) is 4.79 Å². The van der Waals surface area contributed by atoms with Crippen molar-refractivity contribution in [3.05, 3.63) is 77.6 Å². The number of aromatic amines is 1. The van der Waals surface area contributed by atoms with Crippen LogP contribution in [0.25, 0.3) is 22.2 Å². The molecule has 2 aromatic heterocycles. The summed E-state index contributed by atoms with van der Waals surface area (Å²) in [4.78, 5) is 27.4. The molecule has 1 aliphatic rings. The molecule has 4 aromatic rings. The Bertz CT molecular complexity index is 1450. The zero-order valence-electron chi connectivity index (χ0n) is 23.0. The number of H-pyrrole nitrogens is 1. The van der Waals surface area contributed by atoms with Crippen molar-refractivity contribution in [3.8, 4) is 17.3 Å². The van der Waals surface area contributed by atoms with Gasteiger partial charge in [-0.15, -0.1) is 0 Å². The molecule has 3 N–H and O–H groups in total. The number of nitrogens with one attached hydrogen (secondary N) is 3. The van der Waals surface area contributed by atoms with E-state index >= 15 is 0 Å². The molecule has 0 saturated carbocycles. The van der Waals surface area contributed by atoms with Crippen molar-refractivity contribution in [2.24, 2.45) is 0 Å². The number of benzene rings is 2. The van der Waals surface area contributed by atoms with Crippen molar-refractivity contribution in [1.29, 1.82) is 5.26 Å². The Morgan fingerprint density at radius 3 is 2.67 bits per heavy atom. The smallest absolute Gasteiger partial charge is 0.251 e. The van der Waals surface area contributed by atoms with E-state index in [0.29, 0.717) is 30.0 Å². The molecule has 0 atom stereocenters. The second kappa shape index (κ2) is 13.7. The van der Waals surface area contributed by atoms with Crippen LogP contribution in [0.1, 0.15) is 60.0 Å². The highest BCUT2D eigenvalue weighted by Crippen LogP contribution is 2.20. The minimum atomic E-state index is -0.114. The van der Waals surface area contributed by atoms with E-state index in [9.17, 15) is 10.1 Å². The van der Waals surface area contributed by atoms with Crippen molar-refractivity contribution in [1.82, 2.24) is 25.2 Å². The average molecular weight is 536 g/mol. The number of hydrogen-bond donors (Lipinski definition) is 3. The summed E-state index contributed by atoms with van der Waals surface area (Å²) in [6.45, 7) is 5.12. The predicted octanol–water partition coefficient (Wildman–Crippen LogP) is 5.54. The van der Waals surface area contributed by atoms with Gasteiger partial charge in [0.05, 0.1) is 11.3 Å². The lowest BCUT2D eigenvalue weighted by molar-refractivity contribution is 0.0954. The molecule has 8 heteroatoms. The Kier molecular flexibility index (Phi) is 9.38. The standard InChI is InChI=1S/C32H37N7O/c33-22-27-23-37-30-12-7-24(21-28(27)30)13-16-34-31(40)26-10-8-25(9-11-26)29-14-17-36-32(38-29)35-15-3-1-4-18-39-19-5-2-6-20-39/h7-12,14,17,21,23,37H,1-6,13,15-16,18-20H2,(H,34,40)(H,35,36,38). The number of piperidine rings is 1. The van der Waals surface area contributed by atoms with Gasteiger partial charge in [-0.25, -0.2) is 9.97 Å². The maximum atomic E-state index is 12.7. The minimum absolute atomic E-state index is 0.114. The van der Waals surface area contributed by atoms with Gasteiger partial charge in [0.1, 0.15) is 6.07 Å². The van der Waals surface area contributed by atoms with Gasteiger partial charge in [0.25, 0.3) is 5.91 Å². The zero-order valence-corrected chi connectivity index (χ0v) is 23.0. The van der Waals surface area contributed by atoms with Crippen molar-refractivity contribution in [3.63, 3.8) is 0 Å². The summed E-state index contributed by atoms with van der Waals surface area (Å²) in [7, 11) is 0. The Morgan fingerprint density at radius 2 is 1.85 bits per heavy atom. The van der Waals surface area contributed by atoms with Crippen LogP contribution in [-0.2, 0) is 6.42 Å². The molecule has 0 unspecified atom stereocenters. The topological polar surface area (TPSA) is 110 Å². The van der Waals surface area contributed by atoms with Crippen LogP contribution < -0.4 is 10.6 Å². The summed E-state index contributed by atoms with van der Waals surface area (Å²) in [5.74, 6) is 0.521. The molecule has 3 heterocycles. The highest BCUT2D eigenvalue weighted by molar-refractivity contribution is 5.94. The molecule has 0 spiro atoms. The molecule has 0 aliphatic carbocycles. The first-order valence-electron chi connectivity index (χ1n) is 14.4. The Balaban J connectivity index is 1.06. The van der Waals surface area contributed by atoms with Crippen LogP contribution in [0.4, 0.5) is 5.95 Å². The number of hydrogen-bond acceptors (Lipinski definition) is 6. The number of carbonyl (C=O) groups excluding carboxylic acids is 1. The van der Waals surface area contributed by atoms with Gasteiger partial charge in [0, 0.05) is 47.5 Å². The fourth-order valence-electron chi connectivity index (χ4n) is 5.26. The third-order valence-corrected chi connectivity index (χ3v) is 7.55. The summed E-state index contributed by atoms with van der Waals surface area (Å²) < 4.78 is 0. The number of likely N-dealkylation sites (tertiary alicyclic amines) is 1. The monoisotopic (exact) mass is 535 g/mol. The zero-order chi connectivity index (χ0) is 27.6. The number of aromatic nitrogens is 3. The molecule has 1 aliphatic heterocycles. The summed E-state index contributed by atoms with van der Waals surface area (Å²) in [5.41, 5.74) is 5.02. The molecule has 0 bridgehead atoms. The number of nitrogens with zero attached hydrogens (tertiary/aromatic N) is 4. The molecule has 1 amide bonds. The fourth-order valence-corrected chi connectivity index (χ4v) is 5.26. The molecule has 206 valence electrons. The van der Waals surface area contributed by atoms with Crippen LogP contribution in [0.2, 0.25) is 0 Å². The second-order valence-corrected chi connectivity index (χ2v) is 10.4. The molecule has 8 nitrogen and oxygen atoms in total. The maximum absolute atomic E-state index is 12.7. The van der Waals surface area contributed by atoms with E-state index in [-0.39, 0.29) is 5.91 Å². The normalized spacial score (nSPS) is 13.7. The summed E-state index contributed by atoms with van der Waals surface area (Å²) in [6.07, 6.45) is 11.8. The quantitative estimate of drug-likeness (QED) is 0.206. The van der Waals surface area contributed by atoms with Crippen molar-refractivity contribution in [2.45, 2.75) is 44.9 Å². The molecule has 40 heavy (non-hydrogen) atoms. The van der Waals surface area contributed by atoms with Gasteiger partial charge < -0.3 is 20.5 Å². The SMILES string of the molecule is N#Cc1c[nH]c2ccc(CCNC(=O)c3ccc(-c4ccnc(NCCCCCN5CCCCC5)n4)cc3)cc12. The van der Waals surface area contributed by atoms with Crippen molar-refractivity contribution in [2.75, 3.05) is 38.0 Å². The van der Waals surface area contributed by atoms with E-state index in [0.717, 1.165) is 40.7 Å². The van der Waals surface area contributed by atoms with E-state index in [1.165, 1.54) is 51.7 Å². The van der Waals surface area contributed by atoms with E-state index in [1.807, 2.05) is 48.5 Å². The number of nitriles is 1. The number of carbonyl (C=O) groups is 1. The third-order valence-electron chi connectivity index (χ3n) is 7.55. The lowest BCUT2D eigenvalue weighted by Gasteiger charge is -2.26. The van der Waals surface area contributed by atoms with Crippen LogP contribution in [0.5, 0.6) is 0 Å². The minimum Gasteiger partial charge on any atom is -0.360 e. The number of amides is 1. The largest absolute Gasteiger partial charge is 0.360 e. The highest BCUT2D eigenvalue weighted by Gasteiger charge is 2.10. The summed E-state index contributed by atoms with van der Waals surface area (Å²) in [5, 5.41) is 16.5. The molecular formula is C32H37N7O. The fraction of sp³-hybridized carbons (Fsp3) is 0.375. The lowest BCUT2D eigenvalue weighted by Crippen LogP contribution is -2.30. The Morgan fingerprint density at radius 1 is 1.00 bits per heavy atom. The lowest BCUT2D eigenvalue weighted by atomic mass is 10.1. The first-order chi connectivity index (χ1) is 19.7. The summed E-state index contributed by atoms with van der Waals surface area (Å²) >= 11 is 0. The molecule has 1 saturated heterocycles. The van der Waals surface area contributed by atoms with Gasteiger partial charge in [-0.2, -0.15) is 5.26 Å². The number of anilines is 1. The van der Waals surface area contributed by atoms with Gasteiger partial charge in [0.2, 0.25) is 5.95 Å². The van der Waals surface area contributed by atoms with Crippen LogP contribution in [0, 0.1) is 11.3 Å². The second-order valence-electron chi connectivity index (χ2n) is 10.4. The summed E-state index contributed by atoms with van der Waals surface area (Å²) in [6, 6.07) is 17.6. The van der Waals surface area contributed by atoms with E-state index in [1.54, 1.807) is 12.4 Å². The van der Waals surface area contributed by atoms with Crippen molar-refractivity contribution < 1.29 is 4.79 Å². The van der Waals surface area contributed by atoms with Gasteiger partial charge in [-0.05, 0) is 87.6 Å². The van der Waals surface area contributed by atoms with E-state index < -0.39 is 0 Å². The van der Waals surface area contributed by atoms with Crippen LogP contribution in [0.3, 0.4) is 0 Å². The molecular weight excluding hydrogens is 498 g/mol. The molecule has 5 rings (SSSR count). The van der Waals surface area contributed by atoms with Crippen molar-refractivity contribution >= 4 is 22.8 Å². The highest BCUT2D eigenvalue weighted by atomic mass is 16.1. The van der Waals surface area contributed by atoms with E-state index in [4.69, 9.17) is 0 Å². The number of fused-ring (bicyclic) bond motifs is 1. The van der Waals surface area contributed by atoms with Crippen LogP contribution in [-0.4, -0.2) is 58.5 Å². The van der Waals surface area contributed by atoms with Gasteiger partial charge in [0.15, 0.2) is 0 Å². The maximum Gasteiger partial charge on any atom is 0.251 e.